The molecule has 0 saturated heterocycles. The zero-order valence-electron chi connectivity index (χ0n) is 41.9. The number of fused-ring (bicyclic) bond motifs is 3. The number of rotatable bonds is 49. The molecule has 13 nitrogen and oxygen atoms in total. The molecule has 0 aromatic heterocycles. The van der Waals surface area contributed by atoms with Gasteiger partial charge in [0.05, 0.1) is 126 Å². The lowest BCUT2D eigenvalue weighted by molar-refractivity contribution is -0.0266. The lowest BCUT2D eigenvalue weighted by Crippen LogP contribution is -2.32. The van der Waals surface area contributed by atoms with Crippen molar-refractivity contribution in [2.75, 3.05) is 152 Å². The molecule has 13 heteroatoms. The average Bonchev–Trinajstić information content (AvgIpc) is 3.67. The Hall–Kier alpha value is -2.69. The van der Waals surface area contributed by atoms with Gasteiger partial charge in [-0.1, -0.05) is 152 Å². The molecule has 384 valence electrons. The second-order valence-electron chi connectivity index (χ2n) is 17.2. The minimum atomic E-state index is -0.361. The van der Waals surface area contributed by atoms with Crippen molar-refractivity contribution in [1.29, 1.82) is 0 Å². The highest BCUT2D eigenvalue weighted by Gasteiger charge is 2.29. The quantitative estimate of drug-likeness (QED) is 0.0587. The van der Waals surface area contributed by atoms with Crippen LogP contribution in [-0.4, -0.2) is 163 Å². The molecule has 2 aromatic rings. The molecular formula is C54H91NO12. The molecular weight excluding hydrogens is 855 g/mol. The van der Waals surface area contributed by atoms with E-state index in [0.29, 0.717) is 139 Å². The fourth-order valence-electron chi connectivity index (χ4n) is 7.83. The molecule has 0 spiro atoms. The fraction of sp³-hybridized carbons (Fsp3) is 0.759. The van der Waals surface area contributed by atoms with E-state index in [9.17, 15) is 4.79 Å². The maximum Gasteiger partial charge on any atom is 0.409 e. The molecule has 0 fully saturated rings. The van der Waals surface area contributed by atoms with Crippen molar-refractivity contribution >= 4 is 6.09 Å². The Morgan fingerprint density at radius 2 is 0.672 bits per heavy atom. The number of hydrogen-bond acceptors (Lipinski definition) is 12. The molecule has 0 aliphatic heterocycles. The summed E-state index contributed by atoms with van der Waals surface area (Å²) < 4.78 is 61.5. The van der Waals surface area contributed by atoms with Crippen LogP contribution in [0.5, 0.6) is 0 Å². The van der Waals surface area contributed by atoms with Crippen molar-refractivity contribution in [2.24, 2.45) is 0 Å². The largest absolute Gasteiger partial charge is 0.448 e. The zero-order chi connectivity index (χ0) is 47.3. The molecule has 0 radical (unpaired) electrons. The van der Waals surface area contributed by atoms with E-state index in [1.807, 2.05) is 24.3 Å². The van der Waals surface area contributed by atoms with Gasteiger partial charge in [0.1, 0.15) is 6.61 Å². The summed E-state index contributed by atoms with van der Waals surface area (Å²) in [5.41, 5.74) is 4.81. The maximum absolute atomic E-state index is 12.6. The number of carbonyl (C=O) groups excluding carboxylic acids is 1. The number of likely N-dealkylation sites (N-methyl/N-ethyl adjacent to an activating group) is 1. The molecule has 1 amide bonds. The van der Waals surface area contributed by atoms with E-state index >= 15 is 0 Å². The van der Waals surface area contributed by atoms with Crippen LogP contribution in [0.15, 0.2) is 48.5 Å². The van der Waals surface area contributed by atoms with E-state index in [0.717, 1.165) is 13.0 Å². The summed E-state index contributed by atoms with van der Waals surface area (Å²) in [5.74, 6) is 0.0395. The molecule has 67 heavy (non-hydrogen) atoms. The van der Waals surface area contributed by atoms with Gasteiger partial charge in [-0.05, 0) is 28.7 Å². The highest BCUT2D eigenvalue weighted by atomic mass is 16.6. The number of amides is 1. The lowest BCUT2D eigenvalue weighted by Gasteiger charge is -2.19. The van der Waals surface area contributed by atoms with Crippen LogP contribution in [0.1, 0.15) is 127 Å². The standard InChI is InChI=1S/C54H91NO12/c1-3-4-5-6-7-8-9-10-11-12-13-14-15-16-17-22-28-57-30-32-59-34-36-61-38-40-63-42-44-65-46-47-66-45-43-64-41-39-62-37-35-60-33-31-58-29-27-55(2)54(56)67-48-53-51-25-20-18-23-49(51)50-24-19-21-26-52(50)53/h18-21,23-26,53H,3-17,22,27-48H2,1-2H3. The van der Waals surface area contributed by atoms with Crippen LogP contribution in [0.2, 0.25) is 0 Å². The summed E-state index contributed by atoms with van der Waals surface area (Å²) in [7, 11) is 1.72. The summed E-state index contributed by atoms with van der Waals surface area (Å²) in [4.78, 5) is 14.2. The smallest absolute Gasteiger partial charge is 0.409 e. The predicted molar refractivity (Wildman–Crippen MR) is 265 cm³/mol. The third kappa shape index (κ3) is 30.5. The fourth-order valence-corrected chi connectivity index (χ4v) is 7.83. The number of carbonyl (C=O) groups is 1. The first kappa shape index (κ1) is 58.6. The summed E-state index contributed by atoms with van der Waals surface area (Å²) in [6.07, 6.45) is 21.8. The van der Waals surface area contributed by atoms with E-state index in [-0.39, 0.29) is 12.0 Å². The van der Waals surface area contributed by atoms with Gasteiger partial charge in [-0.3, -0.25) is 0 Å². The Morgan fingerprint density at radius 1 is 0.388 bits per heavy atom. The minimum Gasteiger partial charge on any atom is -0.448 e. The minimum absolute atomic E-state index is 0.0395. The summed E-state index contributed by atoms with van der Waals surface area (Å²) >= 11 is 0. The summed E-state index contributed by atoms with van der Waals surface area (Å²) in [6, 6.07) is 16.6. The van der Waals surface area contributed by atoms with E-state index < -0.39 is 0 Å². The maximum atomic E-state index is 12.6. The van der Waals surface area contributed by atoms with Crippen LogP contribution >= 0.6 is 0 Å². The summed E-state index contributed by atoms with van der Waals surface area (Å²) in [5, 5.41) is 0. The van der Waals surface area contributed by atoms with Crippen molar-refractivity contribution in [2.45, 2.75) is 116 Å². The van der Waals surface area contributed by atoms with Crippen LogP contribution in [-0.2, 0) is 52.1 Å². The highest BCUT2D eigenvalue weighted by molar-refractivity contribution is 5.79. The van der Waals surface area contributed by atoms with Gasteiger partial charge in [0.2, 0.25) is 0 Å². The normalized spacial score (nSPS) is 12.2. The molecule has 2 aromatic carbocycles. The van der Waals surface area contributed by atoms with Crippen molar-refractivity contribution in [3.8, 4) is 11.1 Å². The molecule has 0 N–H and O–H groups in total. The Kier molecular flexibility index (Phi) is 37.9. The molecule has 1 aliphatic carbocycles. The Morgan fingerprint density at radius 3 is 1.01 bits per heavy atom. The van der Waals surface area contributed by atoms with Crippen molar-refractivity contribution in [1.82, 2.24) is 4.90 Å². The average molecular weight is 946 g/mol. The van der Waals surface area contributed by atoms with Gasteiger partial charge in [-0.2, -0.15) is 0 Å². The molecule has 3 rings (SSSR count). The molecule has 0 unspecified atom stereocenters. The zero-order valence-corrected chi connectivity index (χ0v) is 41.9. The second-order valence-corrected chi connectivity index (χ2v) is 17.2. The van der Waals surface area contributed by atoms with Crippen LogP contribution in [0, 0.1) is 0 Å². The number of nitrogens with zero attached hydrogens (tertiary/aromatic N) is 1. The number of unbranched alkanes of at least 4 members (excludes halogenated alkanes) is 15. The van der Waals surface area contributed by atoms with Gasteiger partial charge in [0, 0.05) is 26.1 Å². The third-order valence-corrected chi connectivity index (χ3v) is 11.7. The monoisotopic (exact) mass is 946 g/mol. The SMILES string of the molecule is CCCCCCCCCCCCCCCCCCOCCOCCOCCOCCOCCOCCOCCOCCOCCOCCN(C)C(=O)OCC1c2ccccc2-c2ccccc21. The number of benzene rings is 2. The molecule has 0 saturated carbocycles. The van der Waals surface area contributed by atoms with Crippen LogP contribution in [0.25, 0.3) is 11.1 Å². The van der Waals surface area contributed by atoms with E-state index in [1.54, 1.807) is 11.9 Å². The van der Waals surface area contributed by atoms with Gasteiger partial charge in [0.25, 0.3) is 0 Å². The van der Waals surface area contributed by atoms with Crippen LogP contribution < -0.4 is 0 Å². The number of ether oxygens (including phenoxy) is 11. The van der Waals surface area contributed by atoms with Crippen LogP contribution in [0.4, 0.5) is 4.79 Å². The first-order chi connectivity index (χ1) is 33.2. The van der Waals surface area contributed by atoms with Crippen molar-refractivity contribution in [3.63, 3.8) is 0 Å². The second kappa shape index (κ2) is 43.3. The Labute approximate surface area is 405 Å². The van der Waals surface area contributed by atoms with Gasteiger partial charge in [-0.25, -0.2) is 4.79 Å². The predicted octanol–water partition coefficient (Wildman–Crippen LogP) is 10.3. The van der Waals surface area contributed by atoms with Crippen molar-refractivity contribution in [3.05, 3.63) is 59.7 Å². The van der Waals surface area contributed by atoms with Crippen LogP contribution in [0.3, 0.4) is 0 Å². The van der Waals surface area contributed by atoms with Crippen molar-refractivity contribution < 1.29 is 56.9 Å². The first-order valence-electron chi connectivity index (χ1n) is 26.1. The molecule has 0 bridgehead atoms. The Balaban J connectivity index is 0.912. The highest BCUT2D eigenvalue weighted by Crippen LogP contribution is 2.44. The van der Waals surface area contributed by atoms with Gasteiger partial charge >= 0.3 is 6.09 Å². The van der Waals surface area contributed by atoms with E-state index in [2.05, 4.69) is 31.2 Å². The van der Waals surface area contributed by atoms with E-state index in [1.165, 1.54) is 119 Å². The van der Waals surface area contributed by atoms with E-state index in [4.69, 9.17) is 52.1 Å². The van der Waals surface area contributed by atoms with Gasteiger partial charge in [-0.15, -0.1) is 0 Å². The van der Waals surface area contributed by atoms with Gasteiger partial charge in [0.15, 0.2) is 0 Å². The molecule has 0 atom stereocenters. The van der Waals surface area contributed by atoms with Gasteiger partial charge < -0.3 is 57.0 Å². The third-order valence-electron chi connectivity index (χ3n) is 11.7. The first-order valence-corrected chi connectivity index (χ1v) is 26.1. The topological polar surface area (TPSA) is 122 Å². The molecule has 1 aliphatic rings. The summed E-state index contributed by atoms with van der Waals surface area (Å²) in [6.45, 7) is 13.5. The molecule has 0 heterocycles. The number of hydrogen-bond donors (Lipinski definition) is 0. The lowest BCUT2D eigenvalue weighted by atomic mass is 9.98. The Bertz CT molecular complexity index is 1370.